The molecule has 2 saturated heterocycles. The molecule has 0 spiro atoms. The van der Waals surface area contributed by atoms with E-state index < -0.39 is 0 Å². The van der Waals surface area contributed by atoms with Crippen LogP contribution in [0.2, 0.25) is 0 Å². The summed E-state index contributed by atoms with van der Waals surface area (Å²) >= 11 is 0. The second-order valence-corrected chi connectivity index (χ2v) is 6.18. The highest BCUT2D eigenvalue weighted by Gasteiger charge is 2.43. The van der Waals surface area contributed by atoms with Crippen LogP contribution >= 0.6 is 0 Å². The predicted octanol–water partition coefficient (Wildman–Crippen LogP) is 1.95. The molecule has 0 radical (unpaired) electrons. The van der Waals surface area contributed by atoms with Gasteiger partial charge in [-0.3, -0.25) is 0 Å². The van der Waals surface area contributed by atoms with Gasteiger partial charge < -0.3 is 14.7 Å². The molecule has 1 aromatic heterocycles. The van der Waals surface area contributed by atoms with Crippen molar-refractivity contribution in [3.05, 3.63) is 5.89 Å². The number of rotatable bonds is 3. The van der Waals surface area contributed by atoms with Gasteiger partial charge in [0.05, 0.1) is 5.41 Å². The molecule has 1 aromatic rings. The Balaban J connectivity index is 1.83. The Hall–Kier alpha value is -1.10. The second-order valence-electron chi connectivity index (χ2n) is 6.18. The van der Waals surface area contributed by atoms with Crippen LogP contribution in [0, 0.1) is 5.92 Å². The van der Waals surface area contributed by atoms with Crippen LogP contribution < -0.4 is 10.2 Å². The third-order valence-corrected chi connectivity index (χ3v) is 4.77. The Kier molecular flexibility index (Phi) is 3.48. The van der Waals surface area contributed by atoms with E-state index in [2.05, 4.69) is 29.2 Å². The van der Waals surface area contributed by atoms with Gasteiger partial charge in [-0.2, -0.15) is 4.98 Å². The Morgan fingerprint density at radius 3 is 2.68 bits per heavy atom. The van der Waals surface area contributed by atoms with Crippen molar-refractivity contribution in [2.75, 3.05) is 31.1 Å². The quantitative estimate of drug-likeness (QED) is 0.904. The lowest BCUT2D eigenvalue weighted by atomic mass is 9.76. The van der Waals surface area contributed by atoms with Gasteiger partial charge in [-0.25, -0.2) is 0 Å². The number of nitrogens with zero attached hydrogens (tertiary/aromatic N) is 3. The molecule has 0 aromatic carbocycles. The third-order valence-electron chi connectivity index (χ3n) is 4.77. The van der Waals surface area contributed by atoms with E-state index in [1.54, 1.807) is 0 Å². The topological polar surface area (TPSA) is 54.2 Å². The van der Waals surface area contributed by atoms with Crippen LogP contribution in [0.25, 0.3) is 0 Å². The van der Waals surface area contributed by atoms with Gasteiger partial charge in [0.15, 0.2) is 0 Å². The molecule has 2 aliphatic heterocycles. The summed E-state index contributed by atoms with van der Waals surface area (Å²) in [5, 5.41) is 7.66. The standard InChI is InChI=1S/C14H24N4O/c1-11(2)14(6-7-15-10-14)12-16-13(17-19-12)18-8-4-3-5-9-18/h11,15H,3-10H2,1-2H3. The molecule has 1 atom stereocenters. The van der Waals surface area contributed by atoms with Gasteiger partial charge in [0, 0.05) is 19.6 Å². The fourth-order valence-electron chi connectivity index (χ4n) is 3.27. The molecule has 1 N–H and O–H groups in total. The van der Waals surface area contributed by atoms with Gasteiger partial charge >= 0.3 is 0 Å². The molecule has 0 aliphatic carbocycles. The number of nitrogens with one attached hydrogen (secondary N) is 1. The van der Waals surface area contributed by atoms with Crippen molar-refractivity contribution in [1.82, 2.24) is 15.5 Å². The van der Waals surface area contributed by atoms with Crippen LogP contribution in [0.4, 0.5) is 5.95 Å². The lowest BCUT2D eigenvalue weighted by molar-refractivity contribution is 0.234. The van der Waals surface area contributed by atoms with Gasteiger partial charge in [0.2, 0.25) is 5.89 Å². The van der Waals surface area contributed by atoms with E-state index in [9.17, 15) is 0 Å². The van der Waals surface area contributed by atoms with Crippen molar-refractivity contribution in [3.63, 3.8) is 0 Å². The zero-order valence-corrected chi connectivity index (χ0v) is 12.0. The fraction of sp³-hybridized carbons (Fsp3) is 0.857. The lowest BCUT2D eigenvalue weighted by Crippen LogP contribution is -2.35. The average molecular weight is 264 g/mol. The van der Waals surface area contributed by atoms with Gasteiger partial charge in [0.1, 0.15) is 0 Å². The second kappa shape index (κ2) is 5.12. The largest absolute Gasteiger partial charge is 0.338 e. The summed E-state index contributed by atoms with van der Waals surface area (Å²) in [4.78, 5) is 6.97. The van der Waals surface area contributed by atoms with Crippen LogP contribution in [-0.2, 0) is 5.41 Å². The molecule has 2 aliphatic rings. The number of hydrogen-bond donors (Lipinski definition) is 1. The average Bonchev–Trinajstić information content (AvgIpc) is 3.09. The Morgan fingerprint density at radius 2 is 2.05 bits per heavy atom. The minimum atomic E-state index is 0.0288. The van der Waals surface area contributed by atoms with Gasteiger partial charge in [-0.15, -0.1) is 0 Å². The monoisotopic (exact) mass is 264 g/mol. The van der Waals surface area contributed by atoms with E-state index in [-0.39, 0.29) is 5.41 Å². The zero-order chi connectivity index (χ0) is 13.3. The summed E-state index contributed by atoms with van der Waals surface area (Å²) in [5.41, 5.74) is 0.0288. The maximum atomic E-state index is 5.62. The number of aromatic nitrogens is 2. The first-order chi connectivity index (χ1) is 9.22. The first-order valence-corrected chi connectivity index (χ1v) is 7.52. The molecular formula is C14H24N4O. The van der Waals surface area contributed by atoms with Crippen molar-refractivity contribution in [1.29, 1.82) is 0 Å². The summed E-state index contributed by atoms with van der Waals surface area (Å²) in [5.74, 6) is 2.13. The Bertz CT molecular complexity index is 417. The van der Waals surface area contributed by atoms with Gasteiger partial charge in [-0.1, -0.05) is 13.8 Å². The van der Waals surface area contributed by atoms with Crippen LogP contribution in [0.15, 0.2) is 4.52 Å². The van der Waals surface area contributed by atoms with E-state index in [1.165, 1.54) is 19.3 Å². The first kappa shape index (κ1) is 12.9. The summed E-state index contributed by atoms with van der Waals surface area (Å²) in [7, 11) is 0. The van der Waals surface area contributed by atoms with Gasteiger partial charge in [0.25, 0.3) is 5.95 Å². The zero-order valence-electron chi connectivity index (χ0n) is 12.0. The molecular weight excluding hydrogens is 240 g/mol. The minimum absolute atomic E-state index is 0.0288. The molecule has 106 valence electrons. The van der Waals surface area contributed by atoms with E-state index >= 15 is 0 Å². The highest BCUT2D eigenvalue weighted by atomic mass is 16.5. The van der Waals surface area contributed by atoms with E-state index in [4.69, 9.17) is 9.51 Å². The van der Waals surface area contributed by atoms with E-state index in [0.717, 1.165) is 44.4 Å². The normalized spacial score (nSPS) is 28.3. The lowest BCUT2D eigenvalue weighted by Gasteiger charge is -2.28. The maximum absolute atomic E-state index is 5.62. The number of hydrogen-bond acceptors (Lipinski definition) is 5. The van der Waals surface area contributed by atoms with Crippen molar-refractivity contribution in [2.45, 2.75) is 44.9 Å². The molecule has 5 nitrogen and oxygen atoms in total. The van der Waals surface area contributed by atoms with Crippen LogP contribution in [-0.4, -0.2) is 36.3 Å². The molecule has 5 heteroatoms. The fourth-order valence-corrected chi connectivity index (χ4v) is 3.27. The summed E-state index contributed by atoms with van der Waals surface area (Å²) in [6.07, 6.45) is 4.88. The predicted molar refractivity (Wildman–Crippen MR) is 74.4 cm³/mol. The summed E-state index contributed by atoms with van der Waals surface area (Å²) in [6, 6.07) is 0. The molecule has 0 bridgehead atoms. The molecule has 19 heavy (non-hydrogen) atoms. The molecule has 3 heterocycles. The molecule has 3 rings (SSSR count). The maximum Gasteiger partial charge on any atom is 0.266 e. The molecule has 0 amide bonds. The molecule has 2 fully saturated rings. The van der Waals surface area contributed by atoms with Gasteiger partial charge in [-0.05, 0) is 43.3 Å². The van der Waals surface area contributed by atoms with E-state index in [1.807, 2.05) is 0 Å². The van der Waals surface area contributed by atoms with Crippen LogP contribution in [0.3, 0.4) is 0 Å². The van der Waals surface area contributed by atoms with Crippen molar-refractivity contribution < 1.29 is 4.52 Å². The van der Waals surface area contributed by atoms with Crippen molar-refractivity contribution >= 4 is 5.95 Å². The third kappa shape index (κ3) is 2.24. The van der Waals surface area contributed by atoms with E-state index in [0.29, 0.717) is 5.92 Å². The SMILES string of the molecule is CC(C)C1(c2nc(N3CCCCC3)no2)CCNC1. The first-order valence-electron chi connectivity index (χ1n) is 7.52. The minimum Gasteiger partial charge on any atom is -0.338 e. The van der Waals surface area contributed by atoms with Crippen LogP contribution in [0.1, 0.15) is 45.4 Å². The molecule has 1 unspecified atom stereocenters. The smallest absolute Gasteiger partial charge is 0.266 e. The highest BCUT2D eigenvalue weighted by molar-refractivity contribution is 5.30. The van der Waals surface area contributed by atoms with Crippen LogP contribution in [0.5, 0.6) is 0 Å². The van der Waals surface area contributed by atoms with Crippen molar-refractivity contribution in [3.8, 4) is 0 Å². The Morgan fingerprint density at radius 1 is 1.26 bits per heavy atom. The highest BCUT2D eigenvalue weighted by Crippen LogP contribution is 2.37. The number of anilines is 1. The molecule has 0 saturated carbocycles. The Labute approximate surface area is 114 Å². The number of piperidine rings is 1. The van der Waals surface area contributed by atoms with Crippen molar-refractivity contribution in [2.24, 2.45) is 5.92 Å². The summed E-state index contributed by atoms with van der Waals surface area (Å²) in [6.45, 7) is 8.61. The summed E-state index contributed by atoms with van der Waals surface area (Å²) < 4.78 is 5.62.